The Morgan fingerprint density at radius 2 is 1.93 bits per heavy atom. The summed E-state index contributed by atoms with van der Waals surface area (Å²) in [6.07, 6.45) is 0. The van der Waals surface area contributed by atoms with Crippen molar-refractivity contribution in [2.24, 2.45) is 0 Å². The van der Waals surface area contributed by atoms with E-state index in [1.807, 2.05) is 0 Å². The molecule has 0 bridgehead atoms. The summed E-state index contributed by atoms with van der Waals surface area (Å²) in [5.74, 6) is -0.773. The van der Waals surface area contributed by atoms with Crippen LogP contribution in [-0.4, -0.2) is 42.4 Å². The lowest BCUT2D eigenvalue weighted by atomic mass is 10.1. The van der Waals surface area contributed by atoms with Crippen LogP contribution in [0.3, 0.4) is 0 Å². The van der Waals surface area contributed by atoms with Crippen molar-refractivity contribution >= 4 is 33.3 Å². The second-order valence-electron chi connectivity index (χ2n) is 5.94. The van der Waals surface area contributed by atoms with Crippen LogP contribution >= 0.6 is 11.6 Å². The number of aromatic amines is 1. The molecule has 146 valence electrons. The minimum Gasteiger partial charge on any atom is -0.308 e. The number of nitrogens with one attached hydrogen (secondary N) is 2. The Morgan fingerprint density at radius 3 is 2.61 bits per heavy atom. The number of sulfonamides is 1. The molecule has 3 aromatic rings. The van der Waals surface area contributed by atoms with E-state index in [1.165, 1.54) is 49.5 Å². The van der Waals surface area contributed by atoms with E-state index in [-0.39, 0.29) is 10.7 Å². The monoisotopic (exact) mass is 422 g/mol. The maximum absolute atomic E-state index is 13.3. The van der Waals surface area contributed by atoms with Crippen molar-refractivity contribution in [3.05, 3.63) is 65.4 Å². The number of nitrogens with zero attached hydrogens (tertiary/aromatic N) is 2. The number of H-pyrrole nitrogens is 1. The molecule has 0 fully saturated rings. The number of carbonyl (C=O) groups is 1. The molecule has 1 aromatic heterocycles. The summed E-state index contributed by atoms with van der Waals surface area (Å²) < 4.78 is 39.2. The zero-order valence-electron chi connectivity index (χ0n) is 14.7. The van der Waals surface area contributed by atoms with Crippen molar-refractivity contribution < 1.29 is 17.6 Å². The highest BCUT2D eigenvalue weighted by Gasteiger charge is 2.23. The predicted molar refractivity (Wildman–Crippen MR) is 104 cm³/mol. The maximum atomic E-state index is 13.3. The third-order valence-corrected chi connectivity index (χ3v) is 5.94. The molecule has 0 saturated carbocycles. The van der Waals surface area contributed by atoms with Crippen molar-refractivity contribution in [1.29, 1.82) is 0 Å². The van der Waals surface area contributed by atoms with E-state index in [0.29, 0.717) is 16.3 Å². The van der Waals surface area contributed by atoms with Gasteiger partial charge in [-0.2, -0.15) is 9.40 Å². The van der Waals surface area contributed by atoms with E-state index in [2.05, 4.69) is 15.5 Å². The van der Waals surface area contributed by atoms with Crippen LogP contribution in [0.15, 0.2) is 59.5 Å². The molecule has 0 radical (unpaired) electrons. The summed E-state index contributed by atoms with van der Waals surface area (Å²) in [4.78, 5) is 12.2. The van der Waals surface area contributed by atoms with Gasteiger partial charge in [-0.15, -0.1) is 0 Å². The SMILES string of the molecule is CN(CC(=O)Nc1cc(-c2cccc(F)c2)[nH]n1)S(=O)(=O)c1ccc(Cl)cc1. The van der Waals surface area contributed by atoms with E-state index in [0.717, 1.165) is 4.31 Å². The highest BCUT2D eigenvalue weighted by Crippen LogP contribution is 2.21. The lowest BCUT2D eigenvalue weighted by Crippen LogP contribution is -2.35. The van der Waals surface area contributed by atoms with Crippen LogP contribution < -0.4 is 5.32 Å². The molecule has 1 amide bonds. The molecule has 28 heavy (non-hydrogen) atoms. The largest absolute Gasteiger partial charge is 0.308 e. The quantitative estimate of drug-likeness (QED) is 0.638. The van der Waals surface area contributed by atoms with Gasteiger partial charge in [0.25, 0.3) is 0 Å². The molecule has 7 nitrogen and oxygen atoms in total. The molecule has 0 aliphatic heterocycles. The fraction of sp³-hybridized carbons (Fsp3) is 0.111. The van der Waals surface area contributed by atoms with Gasteiger partial charge in [-0.1, -0.05) is 23.7 Å². The van der Waals surface area contributed by atoms with E-state index in [4.69, 9.17) is 11.6 Å². The van der Waals surface area contributed by atoms with Crippen LogP contribution in [0.2, 0.25) is 5.02 Å². The van der Waals surface area contributed by atoms with E-state index in [9.17, 15) is 17.6 Å². The minimum atomic E-state index is -3.84. The lowest BCUT2D eigenvalue weighted by molar-refractivity contribution is -0.116. The van der Waals surface area contributed by atoms with Crippen LogP contribution in [0.4, 0.5) is 10.2 Å². The molecule has 0 unspecified atom stereocenters. The third-order valence-electron chi connectivity index (χ3n) is 3.87. The second-order valence-corrected chi connectivity index (χ2v) is 8.42. The lowest BCUT2D eigenvalue weighted by Gasteiger charge is -2.16. The summed E-state index contributed by atoms with van der Waals surface area (Å²) in [5.41, 5.74) is 1.08. The number of hydrogen-bond acceptors (Lipinski definition) is 4. The molecule has 2 aromatic carbocycles. The standard InChI is InChI=1S/C18H16ClFN4O3S/c1-24(28(26,27)15-7-5-13(19)6-8-15)11-18(25)21-17-10-16(22-23-17)12-3-2-4-14(20)9-12/h2-10H,11H2,1H3,(H2,21,22,23,25). The van der Waals surface area contributed by atoms with E-state index in [1.54, 1.807) is 12.1 Å². The van der Waals surface area contributed by atoms with Crippen molar-refractivity contribution in [2.45, 2.75) is 4.90 Å². The Hall–Kier alpha value is -2.75. The topological polar surface area (TPSA) is 95.2 Å². The molecule has 0 aliphatic rings. The van der Waals surface area contributed by atoms with Gasteiger partial charge in [-0.3, -0.25) is 9.89 Å². The van der Waals surface area contributed by atoms with Crippen LogP contribution in [0.5, 0.6) is 0 Å². The van der Waals surface area contributed by atoms with Crippen molar-refractivity contribution in [1.82, 2.24) is 14.5 Å². The van der Waals surface area contributed by atoms with Gasteiger partial charge in [0.1, 0.15) is 5.82 Å². The first kappa shape index (κ1) is 20.0. The summed E-state index contributed by atoms with van der Waals surface area (Å²) in [5, 5.41) is 9.55. The van der Waals surface area contributed by atoms with Crippen LogP contribution in [0.25, 0.3) is 11.3 Å². The number of hydrogen-bond donors (Lipinski definition) is 2. The maximum Gasteiger partial charge on any atom is 0.243 e. The number of anilines is 1. The molecule has 3 rings (SSSR count). The smallest absolute Gasteiger partial charge is 0.243 e. The highest BCUT2D eigenvalue weighted by atomic mass is 35.5. The summed E-state index contributed by atoms with van der Waals surface area (Å²) in [7, 11) is -2.54. The van der Waals surface area contributed by atoms with Crippen LogP contribution in [0.1, 0.15) is 0 Å². The Labute approximate surface area is 166 Å². The van der Waals surface area contributed by atoms with Gasteiger partial charge in [0.2, 0.25) is 15.9 Å². The number of likely N-dealkylation sites (N-methyl/N-ethyl adjacent to an activating group) is 1. The van der Waals surface area contributed by atoms with Crippen molar-refractivity contribution in [2.75, 3.05) is 18.9 Å². The van der Waals surface area contributed by atoms with Crippen LogP contribution in [0, 0.1) is 5.82 Å². The van der Waals surface area contributed by atoms with Crippen LogP contribution in [-0.2, 0) is 14.8 Å². The Morgan fingerprint density at radius 1 is 1.21 bits per heavy atom. The molecule has 0 aliphatic carbocycles. The minimum absolute atomic E-state index is 0.0281. The van der Waals surface area contributed by atoms with E-state index >= 15 is 0 Å². The summed E-state index contributed by atoms with van der Waals surface area (Å²) >= 11 is 5.77. The molecular weight excluding hydrogens is 407 g/mol. The van der Waals surface area contributed by atoms with Gasteiger partial charge >= 0.3 is 0 Å². The number of amides is 1. The van der Waals surface area contributed by atoms with Gasteiger partial charge in [-0.25, -0.2) is 12.8 Å². The average Bonchev–Trinajstić information content (AvgIpc) is 3.10. The number of aromatic nitrogens is 2. The highest BCUT2D eigenvalue weighted by molar-refractivity contribution is 7.89. The molecular formula is C18H16ClFN4O3S. The normalized spacial score (nSPS) is 11.6. The molecule has 1 heterocycles. The fourth-order valence-corrected chi connectivity index (χ4v) is 3.70. The molecule has 10 heteroatoms. The Kier molecular flexibility index (Phi) is 5.78. The number of rotatable bonds is 6. The van der Waals surface area contributed by atoms with Gasteiger partial charge < -0.3 is 5.32 Å². The molecule has 2 N–H and O–H groups in total. The first-order valence-corrected chi connectivity index (χ1v) is 9.90. The summed E-state index contributed by atoms with van der Waals surface area (Å²) in [6.45, 7) is -0.410. The van der Waals surface area contributed by atoms with Gasteiger partial charge in [0, 0.05) is 23.7 Å². The molecule has 0 atom stereocenters. The molecule has 0 saturated heterocycles. The summed E-state index contributed by atoms with van der Waals surface area (Å²) in [6, 6.07) is 13.1. The first-order chi connectivity index (χ1) is 13.3. The second kappa shape index (κ2) is 8.09. The van der Waals surface area contributed by atoms with Gasteiger partial charge in [0.05, 0.1) is 17.1 Å². The average molecular weight is 423 g/mol. The molecule has 0 spiro atoms. The van der Waals surface area contributed by atoms with Crippen molar-refractivity contribution in [3.8, 4) is 11.3 Å². The zero-order valence-corrected chi connectivity index (χ0v) is 16.3. The number of carbonyl (C=O) groups excluding carboxylic acids is 1. The number of benzene rings is 2. The Balaban J connectivity index is 1.66. The van der Waals surface area contributed by atoms with Gasteiger partial charge in [-0.05, 0) is 36.4 Å². The Bertz CT molecular complexity index is 1100. The predicted octanol–water partition coefficient (Wildman–Crippen LogP) is 3.13. The van der Waals surface area contributed by atoms with Crippen molar-refractivity contribution in [3.63, 3.8) is 0 Å². The third kappa shape index (κ3) is 4.56. The fourth-order valence-electron chi connectivity index (χ4n) is 2.45. The number of halogens is 2. The zero-order chi connectivity index (χ0) is 20.3. The van der Waals surface area contributed by atoms with E-state index < -0.39 is 28.3 Å². The van der Waals surface area contributed by atoms with Gasteiger partial charge in [0.15, 0.2) is 5.82 Å². The first-order valence-electron chi connectivity index (χ1n) is 8.09.